The van der Waals surface area contributed by atoms with Crippen LogP contribution in [-0.4, -0.2) is 0 Å². The third kappa shape index (κ3) is 1.54. The molecule has 2 rings (SSSR count). The monoisotopic (exact) mass is 202 g/mol. The molecule has 0 amide bonds. The molecule has 2 aromatic carbocycles. The lowest BCUT2D eigenvalue weighted by atomic mass is 10.1. The normalized spacial score (nSPS) is 9.87. The van der Waals surface area contributed by atoms with E-state index < -0.39 is 0 Å². The van der Waals surface area contributed by atoms with Crippen molar-refractivity contribution < 1.29 is 4.84 Å². The summed E-state index contributed by atoms with van der Waals surface area (Å²) in [6, 6.07) is 10.4. The van der Waals surface area contributed by atoms with Crippen molar-refractivity contribution in [3.8, 4) is 5.75 Å². The quantitative estimate of drug-likeness (QED) is 0.566. The summed E-state index contributed by atoms with van der Waals surface area (Å²) >= 11 is 0. The maximum absolute atomic E-state index is 10.5. The van der Waals surface area contributed by atoms with Gasteiger partial charge in [-0.25, -0.2) is 0 Å². The topological polar surface area (TPSA) is 68.1 Å². The van der Waals surface area contributed by atoms with E-state index in [0.29, 0.717) is 5.39 Å². The first-order chi connectivity index (χ1) is 7.36. The van der Waals surface area contributed by atoms with E-state index in [2.05, 4.69) is 15.4 Å². The first kappa shape index (κ1) is 9.26. The third-order valence-electron chi connectivity index (χ3n) is 2.09. The van der Waals surface area contributed by atoms with Crippen LogP contribution in [0.1, 0.15) is 0 Å². The van der Waals surface area contributed by atoms with Crippen LogP contribution < -0.4 is 4.84 Å². The van der Waals surface area contributed by atoms with Crippen LogP contribution in [0.25, 0.3) is 10.8 Å². The molecule has 2 aromatic rings. The smallest absolute Gasteiger partial charge is 0.198 e. The number of rotatable bonds is 3. The molecule has 15 heavy (non-hydrogen) atoms. The third-order valence-corrected chi connectivity index (χ3v) is 2.09. The molecule has 0 atom stereocenters. The summed E-state index contributed by atoms with van der Waals surface area (Å²) in [5.41, 5.74) is 0.0632. The second kappa shape index (κ2) is 3.83. The van der Waals surface area contributed by atoms with E-state index in [1.54, 1.807) is 18.2 Å². The van der Waals surface area contributed by atoms with E-state index in [1.165, 1.54) is 6.07 Å². The zero-order valence-electron chi connectivity index (χ0n) is 7.58. The zero-order chi connectivity index (χ0) is 10.7. The molecule has 0 unspecified atom stereocenters. The van der Waals surface area contributed by atoms with Crippen LogP contribution in [0.4, 0.5) is 5.69 Å². The van der Waals surface area contributed by atoms with Crippen LogP contribution in [-0.2, 0) is 0 Å². The molecular weight excluding hydrogens is 196 g/mol. The average molecular weight is 202 g/mol. The Morgan fingerprint density at radius 3 is 2.53 bits per heavy atom. The Balaban J connectivity index is 2.77. The van der Waals surface area contributed by atoms with Gasteiger partial charge in [-0.05, 0) is 16.6 Å². The van der Waals surface area contributed by atoms with Gasteiger partial charge in [0.25, 0.3) is 0 Å². The molecule has 0 heterocycles. The van der Waals surface area contributed by atoms with Gasteiger partial charge in [-0.15, -0.1) is 9.81 Å². The van der Waals surface area contributed by atoms with Crippen LogP contribution >= 0.6 is 0 Å². The molecule has 0 aromatic heterocycles. The molecule has 74 valence electrons. The number of benzene rings is 2. The van der Waals surface area contributed by atoms with Gasteiger partial charge in [0.2, 0.25) is 0 Å². The lowest BCUT2D eigenvalue weighted by molar-refractivity contribution is 0.340. The summed E-state index contributed by atoms with van der Waals surface area (Å²) in [7, 11) is 0. The highest BCUT2D eigenvalue weighted by molar-refractivity contribution is 5.92. The standard InChI is InChI=1S/C10H6N2O3/c13-11-9-6-5-7-3-1-2-4-8(7)10(9)15-12-14/h1-6H. The van der Waals surface area contributed by atoms with Gasteiger partial charge in [-0.1, -0.05) is 30.3 Å². The van der Waals surface area contributed by atoms with Gasteiger partial charge < -0.3 is 4.84 Å². The van der Waals surface area contributed by atoms with Gasteiger partial charge >= 0.3 is 0 Å². The summed E-state index contributed by atoms with van der Waals surface area (Å²) in [4.78, 5) is 25.1. The highest BCUT2D eigenvalue weighted by Crippen LogP contribution is 2.35. The Bertz CT molecular complexity index is 525. The Morgan fingerprint density at radius 2 is 1.80 bits per heavy atom. The second-order valence-corrected chi connectivity index (χ2v) is 2.89. The molecule has 5 heteroatoms. The van der Waals surface area contributed by atoms with Gasteiger partial charge in [0, 0.05) is 5.39 Å². The molecule has 0 bridgehead atoms. The van der Waals surface area contributed by atoms with E-state index >= 15 is 0 Å². The van der Waals surface area contributed by atoms with Crippen LogP contribution in [0, 0.1) is 9.81 Å². The van der Waals surface area contributed by atoms with Crippen molar-refractivity contribution >= 4 is 16.5 Å². The minimum absolute atomic E-state index is 0.0632. The fourth-order valence-electron chi connectivity index (χ4n) is 1.44. The fraction of sp³-hybridized carbons (Fsp3) is 0. The fourth-order valence-corrected chi connectivity index (χ4v) is 1.44. The molecule has 5 nitrogen and oxygen atoms in total. The molecular formula is C10H6N2O3. The SMILES string of the molecule is O=NOc1c(N=O)ccc2ccccc12. The van der Waals surface area contributed by atoms with Crippen molar-refractivity contribution in [1.29, 1.82) is 0 Å². The predicted molar refractivity (Wildman–Crippen MR) is 55.8 cm³/mol. The lowest BCUT2D eigenvalue weighted by Gasteiger charge is -2.03. The van der Waals surface area contributed by atoms with Crippen LogP contribution in [0.3, 0.4) is 0 Å². The zero-order valence-corrected chi connectivity index (χ0v) is 7.58. The van der Waals surface area contributed by atoms with Crippen molar-refractivity contribution in [2.45, 2.75) is 0 Å². The van der Waals surface area contributed by atoms with Crippen molar-refractivity contribution in [3.05, 3.63) is 46.2 Å². The Hall–Kier alpha value is -2.30. The minimum Gasteiger partial charge on any atom is -0.321 e. The van der Waals surface area contributed by atoms with Crippen molar-refractivity contribution in [2.75, 3.05) is 0 Å². The van der Waals surface area contributed by atoms with Crippen LogP contribution in [0.2, 0.25) is 0 Å². The Kier molecular flexibility index (Phi) is 2.37. The first-order valence-electron chi connectivity index (χ1n) is 4.21. The maximum Gasteiger partial charge on any atom is 0.198 e. The lowest BCUT2D eigenvalue weighted by Crippen LogP contribution is -1.84. The van der Waals surface area contributed by atoms with Gasteiger partial charge in [0.05, 0.1) is 0 Å². The van der Waals surface area contributed by atoms with Crippen molar-refractivity contribution in [1.82, 2.24) is 0 Å². The van der Waals surface area contributed by atoms with E-state index in [-0.39, 0.29) is 11.4 Å². The van der Waals surface area contributed by atoms with Gasteiger partial charge in [-0.2, -0.15) is 0 Å². The molecule has 0 aliphatic heterocycles. The molecule has 0 saturated heterocycles. The molecule has 0 saturated carbocycles. The van der Waals surface area contributed by atoms with Crippen LogP contribution in [0.15, 0.2) is 46.9 Å². The summed E-state index contributed by atoms with van der Waals surface area (Å²) in [6.07, 6.45) is 0. The molecule has 0 spiro atoms. The molecule has 0 radical (unpaired) electrons. The largest absolute Gasteiger partial charge is 0.321 e. The summed E-state index contributed by atoms with van der Waals surface area (Å²) < 4.78 is 0. The molecule has 0 aliphatic rings. The number of nitrogens with zero attached hydrogens (tertiary/aromatic N) is 2. The molecule has 0 fully saturated rings. The van der Waals surface area contributed by atoms with Gasteiger partial charge in [-0.3, -0.25) is 0 Å². The highest BCUT2D eigenvalue weighted by atomic mass is 16.7. The van der Waals surface area contributed by atoms with E-state index in [9.17, 15) is 9.81 Å². The van der Waals surface area contributed by atoms with Gasteiger partial charge in [0.1, 0.15) is 0 Å². The maximum atomic E-state index is 10.5. The Morgan fingerprint density at radius 1 is 1.00 bits per heavy atom. The Labute approximate surface area is 84.6 Å². The molecule has 0 N–H and O–H groups in total. The average Bonchev–Trinajstić information content (AvgIpc) is 2.30. The number of fused-ring (bicyclic) bond motifs is 1. The highest BCUT2D eigenvalue weighted by Gasteiger charge is 2.10. The minimum atomic E-state index is 0.0632. The number of hydrogen-bond donors (Lipinski definition) is 0. The van der Waals surface area contributed by atoms with E-state index in [0.717, 1.165) is 5.39 Å². The number of nitroso groups, excluding NO2 is 1. The predicted octanol–water partition coefficient (Wildman–Crippen LogP) is 3.30. The van der Waals surface area contributed by atoms with Gasteiger partial charge in [0.15, 0.2) is 16.8 Å². The van der Waals surface area contributed by atoms with Crippen molar-refractivity contribution in [2.24, 2.45) is 10.5 Å². The first-order valence-corrected chi connectivity index (χ1v) is 4.21. The van der Waals surface area contributed by atoms with Crippen LogP contribution in [0.5, 0.6) is 5.75 Å². The molecule has 0 aliphatic carbocycles. The number of hydrogen-bond acceptors (Lipinski definition) is 5. The summed E-state index contributed by atoms with van der Waals surface area (Å²) in [5, 5.41) is 6.57. The summed E-state index contributed by atoms with van der Waals surface area (Å²) in [6.45, 7) is 0. The second-order valence-electron chi connectivity index (χ2n) is 2.89. The van der Waals surface area contributed by atoms with E-state index in [1.807, 2.05) is 12.1 Å². The van der Waals surface area contributed by atoms with Crippen molar-refractivity contribution in [3.63, 3.8) is 0 Å². The summed E-state index contributed by atoms with van der Waals surface area (Å²) in [5.74, 6) is 0.0955. The van der Waals surface area contributed by atoms with E-state index in [4.69, 9.17) is 0 Å².